The van der Waals surface area contributed by atoms with E-state index in [0.717, 1.165) is 6.42 Å². The Kier molecular flexibility index (Phi) is 2.65. The monoisotopic (exact) mass is 199 g/mol. The molecule has 1 rings (SSSR count). The number of rotatable bonds is 2. The molecule has 0 aliphatic heterocycles. The maximum atomic E-state index is 11.7. The third-order valence-electron chi connectivity index (χ3n) is 2.64. The van der Waals surface area contributed by atoms with Gasteiger partial charge in [0.15, 0.2) is 0 Å². The summed E-state index contributed by atoms with van der Waals surface area (Å²) in [4.78, 5) is 11.7. The Morgan fingerprint density at radius 2 is 2.00 bits per heavy atom. The van der Waals surface area contributed by atoms with Crippen LogP contribution in [0.2, 0.25) is 0 Å². The number of hydrogen-bond donors (Lipinski definition) is 1. The molecule has 0 spiro atoms. The molecule has 1 aliphatic rings. The fourth-order valence-electron chi connectivity index (χ4n) is 1.74. The van der Waals surface area contributed by atoms with Gasteiger partial charge in [0.1, 0.15) is 11.1 Å². The topological polar surface area (TPSA) is 52.3 Å². The van der Waals surface area contributed by atoms with E-state index < -0.39 is 11.1 Å². The summed E-state index contributed by atoms with van der Waals surface area (Å²) in [6, 6.07) is 0. The van der Waals surface area contributed by atoms with E-state index in [1.165, 1.54) is 0 Å². The van der Waals surface area contributed by atoms with Crippen molar-refractivity contribution in [1.82, 2.24) is 0 Å². The van der Waals surface area contributed by atoms with Gasteiger partial charge in [-0.1, -0.05) is 13.8 Å². The van der Waals surface area contributed by atoms with Crippen molar-refractivity contribution in [2.24, 2.45) is 17.6 Å². The number of carbonyl (C=O) groups excluding carboxylic acids is 1. The molecular formula is C11H21NO2. The first-order valence-corrected chi connectivity index (χ1v) is 5.19. The summed E-state index contributed by atoms with van der Waals surface area (Å²) in [7, 11) is 0. The van der Waals surface area contributed by atoms with Crippen molar-refractivity contribution in [2.75, 3.05) is 0 Å². The minimum Gasteiger partial charge on any atom is -0.459 e. The van der Waals surface area contributed by atoms with Crippen molar-refractivity contribution in [3.05, 3.63) is 0 Å². The first-order chi connectivity index (χ1) is 6.17. The molecule has 0 heterocycles. The summed E-state index contributed by atoms with van der Waals surface area (Å²) >= 11 is 0. The van der Waals surface area contributed by atoms with Crippen molar-refractivity contribution in [2.45, 2.75) is 52.2 Å². The van der Waals surface area contributed by atoms with Crippen molar-refractivity contribution < 1.29 is 9.53 Å². The van der Waals surface area contributed by atoms with Crippen LogP contribution in [0.3, 0.4) is 0 Å². The second-order valence-corrected chi connectivity index (χ2v) is 5.60. The van der Waals surface area contributed by atoms with Crippen LogP contribution in [0.25, 0.3) is 0 Å². The van der Waals surface area contributed by atoms with Gasteiger partial charge < -0.3 is 10.5 Å². The molecule has 2 atom stereocenters. The van der Waals surface area contributed by atoms with Gasteiger partial charge in [-0.15, -0.1) is 0 Å². The van der Waals surface area contributed by atoms with Gasteiger partial charge in [-0.2, -0.15) is 0 Å². The molecule has 0 aromatic carbocycles. The third-order valence-corrected chi connectivity index (χ3v) is 2.64. The number of esters is 1. The quantitative estimate of drug-likeness (QED) is 0.689. The minimum atomic E-state index is -0.707. The fourth-order valence-corrected chi connectivity index (χ4v) is 1.74. The van der Waals surface area contributed by atoms with Crippen molar-refractivity contribution in [1.29, 1.82) is 0 Å². The maximum absolute atomic E-state index is 11.7. The van der Waals surface area contributed by atoms with E-state index in [2.05, 4.69) is 13.8 Å². The molecule has 0 aromatic rings. The molecule has 0 aromatic heterocycles. The summed E-state index contributed by atoms with van der Waals surface area (Å²) in [5.74, 6) is 0.494. The van der Waals surface area contributed by atoms with E-state index in [-0.39, 0.29) is 11.9 Å². The summed E-state index contributed by atoms with van der Waals surface area (Å²) in [5.41, 5.74) is 4.82. The van der Waals surface area contributed by atoms with E-state index in [1.807, 2.05) is 20.8 Å². The molecule has 14 heavy (non-hydrogen) atoms. The highest BCUT2D eigenvalue weighted by Gasteiger charge is 2.59. The Bertz CT molecular complexity index is 242. The smallest absolute Gasteiger partial charge is 0.326 e. The lowest BCUT2D eigenvalue weighted by atomic mass is 10.0. The highest BCUT2D eigenvalue weighted by atomic mass is 16.6. The highest BCUT2D eigenvalue weighted by molar-refractivity contribution is 5.85. The first kappa shape index (κ1) is 11.5. The zero-order valence-corrected chi connectivity index (χ0v) is 9.76. The number of nitrogens with two attached hydrogens (primary N) is 1. The van der Waals surface area contributed by atoms with Crippen LogP contribution in [-0.2, 0) is 9.53 Å². The second-order valence-electron chi connectivity index (χ2n) is 5.60. The predicted octanol–water partition coefficient (Wildman–Crippen LogP) is 1.70. The van der Waals surface area contributed by atoms with Crippen molar-refractivity contribution >= 4 is 5.97 Å². The maximum Gasteiger partial charge on any atom is 0.326 e. The SMILES string of the molecule is CC(C)[C@@H]1C[C@]1(N)C(=O)OC(C)(C)C. The summed E-state index contributed by atoms with van der Waals surface area (Å²) < 4.78 is 5.28. The van der Waals surface area contributed by atoms with Crippen LogP contribution in [-0.4, -0.2) is 17.1 Å². The Morgan fingerprint density at radius 3 is 2.29 bits per heavy atom. The van der Waals surface area contributed by atoms with Crippen LogP contribution in [0, 0.1) is 11.8 Å². The van der Waals surface area contributed by atoms with Crippen LogP contribution in [0.1, 0.15) is 41.0 Å². The molecule has 1 fully saturated rings. The summed E-state index contributed by atoms with van der Waals surface area (Å²) in [5, 5.41) is 0. The Morgan fingerprint density at radius 1 is 1.50 bits per heavy atom. The zero-order valence-electron chi connectivity index (χ0n) is 9.76. The number of hydrogen-bond acceptors (Lipinski definition) is 3. The Balaban J connectivity index is 2.56. The fraction of sp³-hybridized carbons (Fsp3) is 0.909. The van der Waals surface area contributed by atoms with Gasteiger partial charge >= 0.3 is 5.97 Å². The lowest BCUT2D eigenvalue weighted by molar-refractivity contribution is -0.158. The zero-order chi connectivity index (χ0) is 11.1. The van der Waals surface area contributed by atoms with Crippen LogP contribution in [0.5, 0.6) is 0 Å². The molecule has 82 valence electrons. The highest BCUT2D eigenvalue weighted by Crippen LogP contribution is 2.47. The van der Waals surface area contributed by atoms with E-state index in [1.54, 1.807) is 0 Å². The normalized spacial score (nSPS) is 31.8. The minimum absolute atomic E-state index is 0.247. The molecule has 0 radical (unpaired) electrons. The predicted molar refractivity (Wildman–Crippen MR) is 55.7 cm³/mol. The largest absolute Gasteiger partial charge is 0.459 e. The van der Waals surface area contributed by atoms with Gasteiger partial charge in [0, 0.05) is 0 Å². The van der Waals surface area contributed by atoms with Crippen LogP contribution in [0.4, 0.5) is 0 Å². The molecular weight excluding hydrogens is 178 g/mol. The average Bonchev–Trinajstić information content (AvgIpc) is 2.60. The van der Waals surface area contributed by atoms with E-state index >= 15 is 0 Å². The van der Waals surface area contributed by atoms with Crippen molar-refractivity contribution in [3.63, 3.8) is 0 Å². The van der Waals surface area contributed by atoms with Gasteiger partial charge in [0.05, 0.1) is 0 Å². The molecule has 0 bridgehead atoms. The van der Waals surface area contributed by atoms with E-state index in [4.69, 9.17) is 10.5 Å². The standard InChI is InChI=1S/C11H21NO2/c1-7(2)8-6-11(8,12)9(13)14-10(3,4)5/h7-8H,6,12H2,1-5H3/t8-,11+/m0/s1. The molecule has 0 amide bonds. The molecule has 3 nitrogen and oxygen atoms in total. The molecule has 1 aliphatic carbocycles. The third kappa shape index (κ3) is 2.27. The van der Waals surface area contributed by atoms with Gasteiger partial charge in [-0.25, -0.2) is 0 Å². The Hall–Kier alpha value is -0.570. The lowest BCUT2D eigenvalue weighted by Crippen LogP contribution is -2.41. The Labute approximate surface area is 86.0 Å². The van der Waals surface area contributed by atoms with Crippen LogP contribution in [0.15, 0.2) is 0 Å². The lowest BCUT2D eigenvalue weighted by Gasteiger charge is -2.23. The van der Waals surface area contributed by atoms with E-state index in [9.17, 15) is 4.79 Å². The number of ether oxygens (including phenoxy) is 1. The summed E-state index contributed by atoms with van der Waals surface area (Å²) in [6.07, 6.45) is 0.763. The molecule has 1 saturated carbocycles. The molecule has 0 saturated heterocycles. The number of carbonyl (C=O) groups is 1. The van der Waals surface area contributed by atoms with E-state index in [0.29, 0.717) is 5.92 Å². The second kappa shape index (κ2) is 3.23. The van der Waals surface area contributed by atoms with Gasteiger partial charge in [0.25, 0.3) is 0 Å². The van der Waals surface area contributed by atoms with Gasteiger partial charge in [-0.05, 0) is 39.0 Å². The molecule has 2 N–H and O–H groups in total. The van der Waals surface area contributed by atoms with Gasteiger partial charge in [-0.3, -0.25) is 4.79 Å². The first-order valence-electron chi connectivity index (χ1n) is 5.19. The van der Waals surface area contributed by atoms with Crippen LogP contribution < -0.4 is 5.73 Å². The van der Waals surface area contributed by atoms with Crippen molar-refractivity contribution in [3.8, 4) is 0 Å². The molecule has 0 unspecified atom stereocenters. The summed E-state index contributed by atoms with van der Waals surface area (Å²) in [6.45, 7) is 9.76. The van der Waals surface area contributed by atoms with Gasteiger partial charge in [0.2, 0.25) is 0 Å². The molecule has 3 heteroatoms. The van der Waals surface area contributed by atoms with Crippen LogP contribution >= 0.6 is 0 Å². The average molecular weight is 199 g/mol.